The SMILES string of the molecule is Cc1cccc([N+](=O)[O-])c1N1CCCC(C(C)O)C1. The summed E-state index contributed by atoms with van der Waals surface area (Å²) in [7, 11) is 0. The van der Waals surface area contributed by atoms with Crippen molar-refractivity contribution in [3.8, 4) is 0 Å². The maximum Gasteiger partial charge on any atom is 0.292 e. The van der Waals surface area contributed by atoms with Crippen LogP contribution in [0.3, 0.4) is 0 Å². The summed E-state index contributed by atoms with van der Waals surface area (Å²) in [6.45, 7) is 5.19. The number of nitro benzene ring substituents is 1. The molecule has 5 nitrogen and oxygen atoms in total. The second-order valence-corrected chi connectivity index (χ2v) is 5.29. The number of aryl methyl sites for hydroxylation is 1. The van der Waals surface area contributed by atoms with Crippen LogP contribution in [0.1, 0.15) is 25.3 Å². The minimum absolute atomic E-state index is 0.159. The second-order valence-electron chi connectivity index (χ2n) is 5.29. The minimum Gasteiger partial charge on any atom is -0.393 e. The van der Waals surface area contributed by atoms with Crippen LogP contribution in [-0.4, -0.2) is 29.2 Å². The molecule has 1 N–H and O–H groups in total. The van der Waals surface area contributed by atoms with E-state index in [9.17, 15) is 15.2 Å². The number of benzene rings is 1. The minimum atomic E-state index is -0.370. The zero-order valence-electron chi connectivity index (χ0n) is 11.4. The third-order valence-electron chi connectivity index (χ3n) is 3.87. The van der Waals surface area contributed by atoms with Crippen molar-refractivity contribution >= 4 is 11.4 Å². The van der Waals surface area contributed by atoms with Crippen molar-refractivity contribution in [2.24, 2.45) is 5.92 Å². The lowest BCUT2D eigenvalue weighted by atomic mass is 9.92. The van der Waals surface area contributed by atoms with E-state index in [0.29, 0.717) is 12.2 Å². The summed E-state index contributed by atoms with van der Waals surface area (Å²) in [5, 5.41) is 20.9. The lowest BCUT2D eigenvalue weighted by molar-refractivity contribution is -0.384. The molecule has 0 aromatic heterocycles. The van der Waals surface area contributed by atoms with Crippen LogP contribution in [0.25, 0.3) is 0 Å². The molecular formula is C14H20N2O3. The molecule has 0 radical (unpaired) electrons. The molecule has 1 fully saturated rings. The molecule has 1 saturated heterocycles. The second kappa shape index (κ2) is 5.57. The molecule has 1 heterocycles. The lowest BCUT2D eigenvalue weighted by Gasteiger charge is -2.36. The van der Waals surface area contributed by atoms with Crippen LogP contribution >= 0.6 is 0 Å². The summed E-state index contributed by atoms with van der Waals surface area (Å²) in [6.07, 6.45) is 1.57. The van der Waals surface area contributed by atoms with Gasteiger partial charge in [-0.05, 0) is 32.3 Å². The van der Waals surface area contributed by atoms with Gasteiger partial charge in [-0.15, -0.1) is 0 Å². The number of hydrogen-bond acceptors (Lipinski definition) is 4. The van der Waals surface area contributed by atoms with E-state index in [1.54, 1.807) is 19.1 Å². The van der Waals surface area contributed by atoms with Crippen LogP contribution < -0.4 is 4.90 Å². The molecule has 19 heavy (non-hydrogen) atoms. The lowest BCUT2D eigenvalue weighted by Crippen LogP contribution is -2.40. The number of para-hydroxylation sites is 1. The van der Waals surface area contributed by atoms with Gasteiger partial charge in [0, 0.05) is 25.1 Å². The van der Waals surface area contributed by atoms with Gasteiger partial charge in [0.1, 0.15) is 5.69 Å². The molecular weight excluding hydrogens is 244 g/mol. The van der Waals surface area contributed by atoms with E-state index >= 15 is 0 Å². The van der Waals surface area contributed by atoms with E-state index in [-0.39, 0.29) is 22.6 Å². The number of nitrogens with zero attached hydrogens (tertiary/aromatic N) is 2. The molecule has 5 heteroatoms. The van der Waals surface area contributed by atoms with Crippen molar-refractivity contribution in [3.63, 3.8) is 0 Å². The van der Waals surface area contributed by atoms with Crippen LogP contribution in [-0.2, 0) is 0 Å². The Morgan fingerprint density at radius 3 is 2.89 bits per heavy atom. The highest BCUT2D eigenvalue weighted by Gasteiger charge is 2.28. The van der Waals surface area contributed by atoms with E-state index < -0.39 is 0 Å². The summed E-state index contributed by atoms with van der Waals surface area (Å²) in [6, 6.07) is 5.16. The van der Waals surface area contributed by atoms with E-state index in [4.69, 9.17) is 0 Å². The van der Waals surface area contributed by atoms with Crippen molar-refractivity contribution in [3.05, 3.63) is 33.9 Å². The first-order valence-corrected chi connectivity index (χ1v) is 6.67. The maximum atomic E-state index is 11.2. The maximum absolute atomic E-state index is 11.2. The van der Waals surface area contributed by atoms with Crippen molar-refractivity contribution in [2.45, 2.75) is 32.8 Å². The van der Waals surface area contributed by atoms with Crippen LogP contribution in [0.2, 0.25) is 0 Å². The van der Waals surface area contributed by atoms with E-state index in [1.165, 1.54) is 0 Å². The average molecular weight is 264 g/mol. The number of nitro groups is 1. The van der Waals surface area contributed by atoms with Gasteiger partial charge in [-0.3, -0.25) is 10.1 Å². The molecule has 1 aromatic rings. The van der Waals surface area contributed by atoms with Crippen LogP contribution in [0.4, 0.5) is 11.4 Å². The van der Waals surface area contributed by atoms with Gasteiger partial charge in [-0.2, -0.15) is 0 Å². The summed E-state index contributed by atoms with van der Waals surface area (Å²) < 4.78 is 0. The fourth-order valence-electron chi connectivity index (χ4n) is 2.81. The van der Waals surface area contributed by atoms with Crippen LogP contribution in [0.15, 0.2) is 18.2 Å². The fourth-order valence-corrected chi connectivity index (χ4v) is 2.81. The van der Waals surface area contributed by atoms with Gasteiger partial charge in [0.25, 0.3) is 5.69 Å². The largest absolute Gasteiger partial charge is 0.393 e. The van der Waals surface area contributed by atoms with Gasteiger partial charge >= 0.3 is 0 Å². The Morgan fingerprint density at radius 1 is 1.53 bits per heavy atom. The Morgan fingerprint density at radius 2 is 2.26 bits per heavy atom. The predicted octanol–water partition coefficient (Wildman–Crippen LogP) is 2.50. The zero-order valence-corrected chi connectivity index (χ0v) is 11.4. The first-order valence-electron chi connectivity index (χ1n) is 6.67. The first-order chi connectivity index (χ1) is 9.00. The average Bonchev–Trinajstić information content (AvgIpc) is 2.38. The van der Waals surface area contributed by atoms with Gasteiger partial charge < -0.3 is 10.0 Å². The zero-order chi connectivity index (χ0) is 14.0. The quantitative estimate of drug-likeness (QED) is 0.673. The van der Waals surface area contributed by atoms with E-state index in [1.807, 2.05) is 17.9 Å². The van der Waals surface area contributed by atoms with Gasteiger partial charge in [0.05, 0.1) is 11.0 Å². The Kier molecular flexibility index (Phi) is 4.04. The fraction of sp³-hybridized carbons (Fsp3) is 0.571. The topological polar surface area (TPSA) is 66.6 Å². The van der Waals surface area contributed by atoms with Gasteiger partial charge in [-0.1, -0.05) is 12.1 Å². The molecule has 1 aromatic carbocycles. The summed E-state index contributed by atoms with van der Waals surface area (Å²) >= 11 is 0. The summed E-state index contributed by atoms with van der Waals surface area (Å²) in [4.78, 5) is 12.9. The Bertz CT molecular complexity index is 474. The molecule has 0 spiro atoms. The molecule has 0 amide bonds. The molecule has 1 aliphatic heterocycles. The number of hydrogen-bond donors (Lipinski definition) is 1. The highest BCUT2D eigenvalue weighted by molar-refractivity contribution is 5.67. The molecule has 2 atom stereocenters. The van der Waals surface area contributed by atoms with Crippen molar-refractivity contribution in [1.29, 1.82) is 0 Å². The third-order valence-corrected chi connectivity index (χ3v) is 3.87. The van der Waals surface area contributed by atoms with Crippen molar-refractivity contribution < 1.29 is 10.0 Å². The Balaban J connectivity index is 2.33. The number of rotatable bonds is 3. The predicted molar refractivity (Wildman–Crippen MR) is 74.5 cm³/mol. The smallest absolute Gasteiger partial charge is 0.292 e. The summed E-state index contributed by atoms with van der Waals surface area (Å²) in [5.41, 5.74) is 1.78. The Labute approximate surface area is 113 Å². The standard InChI is InChI=1S/C14H20N2O3/c1-10-5-3-7-13(16(18)19)14(10)15-8-4-6-12(9-15)11(2)17/h3,5,7,11-12,17H,4,6,8-9H2,1-2H3. The Hall–Kier alpha value is -1.62. The molecule has 0 saturated carbocycles. The molecule has 2 rings (SSSR count). The number of piperidine rings is 1. The number of anilines is 1. The highest BCUT2D eigenvalue weighted by Crippen LogP contribution is 2.34. The van der Waals surface area contributed by atoms with Gasteiger partial charge in [-0.25, -0.2) is 0 Å². The molecule has 1 aliphatic rings. The van der Waals surface area contributed by atoms with Crippen molar-refractivity contribution in [2.75, 3.05) is 18.0 Å². The van der Waals surface area contributed by atoms with Gasteiger partial charge in [0.15, 0.2) is 0 Å². The number of aliphatic hydroxyl groups is 1. The molecule has 2 unspecified atom stereocenters. The summed E-state index contributed by atoms with van der Waals surface area (Å²) in [5.74, 6) is 0.188. The first kappa shape index (κ1) is 13.8. The van der Waals surface area contributed by atoms with E-state index in [0.717, 1.165) is 24.9 Å². The number of aliphatic hydroxyl groups excluding tert-OH is 1. The van der Waals surface area contributed by atoms with Crippen molar-refractivity contribution in [1.82, 2.24) is 0 Å². The van der Waals surface area contributed by atoms with Crippen LogP contribution in [0, 0.1) is 23.0 Å². The van der Waals surface area contributed by atoms with E-state index in [2.05, 4.69) is 0 Å². The molecule has 0 bridgehead atoms. The highest BCUT2D eigenvalue weighted by atomic mass is 16.6. The molecule has 0 aliphatic carbocycles. The van der Waals surface area contributed by atoms with Crippen LogP contribution in [0.5, 0.6) is 0 Å². The third kappa shape index (κ3) is 2.87. The van der Waals surface area contributed by atoms with Gasteiger partial charge in [0.2, 0.25) is 0 Å². The normalized spacial score (nSPS) is 21.2. The molecule has 104 valence electrons. The monoisotopic (exact) mass is 264 g/mol.